The van der Waals surface area contributed by atoms with E-state index in [0.717, 1.165) is 53.7 Å². The summed E-state index contributed by atoms with van der Waals surface area (Å²) in [6, 6.07) is 8.03. The zero-order valence-electron chi connectivity index (χ0n) is 17.6. The van der Waals surface area contributed by atoms with Crippen LogP contribution in [0.25, 0.3) is 33.5 Å². The van der Waals surface area contributed by atoms with Crippen molar-refractivity contribution in [1.29, 1.82) is 0 Å². The number of ether oxygens (including phenoxy) is 1. The van der Waals surface area contributed by atoms with Crippen molar-refractivity contribution in [2.75, 3.05) is 11.9 Å². The van der Waals surface area contributed by atoms with Crippen LogP contribution < -0.4 is 5.32 Å². The summed E-state index contributed by atoms with van der Waals surface area (Å²) < 4.78 is 8.14. The molecule has 5 heterocycles. The Hall–Kier alpha value is -4.25. The first-order valence-electron chi connectivity index (χ1n) is 10.7. The fraction of sp³-hybridized carbons (Fsp3) is 0.227. The van der Waals surface area contributed by atoms with E-state index >= 15 is 0 Å². The van der Waals surface area contributed by atoms with Crippen LogP contribution in [0.2, 0.25) is 0 Å². The van der Waals surface area contributed by atoms with Crippen molar-refractivity contribution in [3.63, 3.8) is 0 Å². The summed E-state index contributed by atoms with van der Waals surface area (Å²) in [5, 5.41) is 17.2. The molecule has 164 valence electrons. The van der Waals surface area contributed by atoms with Crippen molar-refractivity contribution >= 4 is 22.7 Å². The Bertz CT molecular complexity index is 1360. The minimum absolute atomic E-state index is 0.0220. The topological polar surface area (TPSA) is 132 Å². The quantitative estimate of drug-likeness (QED) is 0.421. The third-order valence-corrected chi connectivity index (χ3v) is 5.63. The van der Waals surface area contributed by atoms with Crippen molar-refractivity contribution in [3.05, 3.63) is 55.4 Å². The van der Waals surface area contributed by atoms with E-state index in [1.807, 2.05) is 30.7 Å². The summed E-state index contributed by atoms with van der Waals surface area (Å²) in [5.74, 6) is 0.900. The Labute approximate surface area is 188 Å². The van der Waals surface area contributed by atoms with E-state index in [9.17, 15) is 0 Å². The molecule has 0 amide bonds. The van der Waals surface area contributed by atoms with Gasteiger partial charge >= 0.3 is 0 Å². The van der Waals surface area contributed by atoms with Gasteiger partial charge in [-0.2, -0.15) is 5.21 Å². The first kappa shape index (κ1) is 19.4. The molecule has 1 saturated heterocycles. The van der Waals surface area contributed by atoms with Crippen LogP contribution in [0.5, 0.6) is 0 Å². The summed E-state index contributed by atoms with van der Waals surface area (Å²) >= 11 is 0. The van der Waals surface area contributed by atoms with Gasteiger partial charge in [0.1, 0.15) is 6.23 Å². The van der Waals surface area contributed by atoms with Gasteiger partial charge in [-0.3, -0.25) is 4.98 Å². The number of benzene rings is 1. The van der Waals surface area contributed by atoms with Gasteiger partial charge < -0.3 is 14.6 Å². The van der Waals surface area contributed by atoms with Gasteiger partial charge in [-0.15, -0.1) is 10.2 Å². The van der Waals surface area contributed by atoms with E-state index in [0.29, 0.717) is 17.3 Å². The molecular weight excluding hydrogens is 420 g/mol. The Balaban J connectivity index is 1.40. The maximum Gasteiger partial charge on any atom is 0.227 e. The van der Waals surface area contributed by atoms with Crippen LogP contribution in [0.4, 0.5) is 11.6 Å². The molecule has 1 aliphatic rings. The van der Waals surface area contributed by atoms with Crippen LogP contribution >= 0.6 is 0 Å². The van der Waals surface area contributed by atoms with Crippen LogP contribution in [-0.4, -0.2) is 51.7 Å². The second-order valence-corrected chi connectivity index (χ2v) is 7.76. The highest BCUT2D eigenvalue weighted by molar-refractivity contribution is 5.95. The van der Waals surface area contributed by atoms with E-state index < -0.39 is 0 Å². The lowest BCUT2D eigenvalue weighted by atomic mass is 10.0. The maximum atomic E-state index is 6.03. The lowest BCUT2D eigenvalue weighted by molar-refractivity contribution is -0.0295. The smallest absolute Gasteiger partial charge is 0.227 e. The number of hydrogen-bond acceptors (Lipinski definition) is 9. The molecular formula is C22H20N10O. The van der Waals surface area contributed by atoms with E-state index in [1.54, 1.807) is 18.6 Å². The van der Waals surface area contributed by atoms with Crippen molar-refractivity contribution < 1.29 is 4.74 Å². The minimum atomic E-state index is -0.0220. The molecule has 0 spiro atoms. The van der Waals surface area contributed by atoms with Gasteiger partial charge in [-0.05, 0) is 42.7 Å². The number of H-pyrrole nitrogens is 1. The molecule has 33 heavy (non-hydrogen) atoms. The average molecular weight is 440 g/mol. The second-order valence-electron chi connectivity index (χ2n) is 7.76. The minimum Gasteiger partial charge on any atom is -0.358 e. The van der Waals surface area contributed by atoms with Crippen molar-refractivity contribution in [3.8, 4) is 22.5 Å². The summed E-state index contributed by atoms with van der Waals surface area (Å²) in [4.78, 5) is 17.8. The highest BCUT2D eigenvalue weighted by Crippen LogP contribution is 2.35. The molecule has 1 aromatic carbocycles. The molecule has 5 aromatic rings. The molecule has 6 rings (SSSR count). The molecule has 4 aromatic heterocycles. The lowest BCUT2D eigenvalue weighted by Crippen LogP contribution is -2.17. The molecule has 1 aliphatic heterocycles. The Morgan fingerprint density at radius 3 is 2.76 bits per heavy atom. The largest absolute Gasteiger partial charge is 0.358 e. The highest BCUT2D eigenvalue weighted by Gasteiger charge is 2.20. The predicted molar refractivity (Wildman–Crippen MR) is 120 cm³/mol. The van der Waals surface area contributed by atoms with Crippen LogP contribution in [0, 0.1) is 0 Å². The molecule has 11 nitrogen and oxygen atoms in total. The van der Waals surface area contributed by atoms with Gasteiger partial charge in [0, 0.05) is 48.2 Å². The van der Waals surface area contributed by atoms with Crippen LogP contribution in [0.3, 0.4) is 0 Å². The third kappa shape index (κ3) is 3.78. The van der Waals surface area contributed by atoms with E-state index in [2.05, 4.69) is 51.5 Å². The average Bonchev–Trinajstić information content (AvgIpc) is 3.56. The number of anilines is 2. The molecule has 1 unspecified atom stereocenters. The van der Waals surface area contributed by atoms with Crippen molar-refractivity contribution in [2.24, 2.45) is 0 Å². The van der Waals surface area contributed by atoms with Gasteiger partial charge in [-0.25, -0.2) is 15.0 Å². The molecule has 0 bridgehead atoms. The van der Waals surface area contributed by atoms with Gasteiger partial charge in [-0.1, -0.05) is 6.07 Å². The third-order valence-electron chi connectivity index (χ3n) is 5.63. The normalized spacial score (nSPS) is 16.2. The Kier molecular flexibility index (Phi) is 4.92. The second kappa shape index (κ2) is 8.36. The van der Waals surface area contributed by atoms with E-state index in [-0.39, 0.29) is 6.23 Å². The number of hydrogen-bond donors (Lipinski definition) is 2. The number of rotatable bonds is 5. The number of tetrazole rings is 1. The molecule has 0 saturated carbocycles. The SMILES string of the molecule is c1cncc(-c2cc(Nc3ncc(-c4nn[nH]n4)cn3)cc3c2ncn3C2CCCCO2)c1. The molecule has 0 radical (unpaired) electrons. The number of nitrogens with one attached hydrogen (secondary N) is 2. The van der Waals surface area contributed by atoms with Crippen LogP contribution in [0.1, 0.15) is 25.5 Å². The number of imidazole rings is 1. The standard InChI is InChI=1S/C22H20N10O/c1-2-7-33-19(5-1)32-13-26-20-17(14-4-3-6-23-10-14)8-16(9-18(20)32)27-22-24-11-15(12-25-22)21-28-30-31-29-21/h3-4,6,8-13,19H,1-2,5,7H2,(H,24,25,27)(H,28,29,30,31). The summed E-state index contributed by atoms with van der Waals surface area (Å²) in [6.07, 6.45) is 11.9. The first-order chi connectivity index (χ1) is 16.3. The molecule has 1 atom stereocenters. The Morgan fingerprint density at radius 2 is 2.00 bits per heavy atom. The van der Waals surface area contributed by atoms with Gasteiger partial charge in [0.25, 0.3) is 0 Å². The molecule has 2 N–H and O–H groups in total. The van der Waals surface area contributed by atoms with Crippen molar-refractivity contribution in [2.45, 2.75) is 25.5 Å². The summed E-state index contributed by atoms with van der Waals surface area (Å²) in [5.41, 5.74) is 5.35. The molecule has 11 heteroatoms. The first-order valence-corrected chi connectivity index (χ1v) is 10.7. The zero-order chi connectivity index (χ0) is 22.0. The summed E-state index contributed by atoms with van der Waals surface area (Å²) in [7, 11) is 0. The zero-order valence-corrected chi connectivity index (χ0v) is 17.6. The summed E-state index contributed by atoms with van der Waals surface area (Å²) in [6.45, 7) is 0.762. The monoisotopic (exact) mass is 440 g/mol. The fourth-order valence-electron chi connectivity index (χ4n) is 4.04. The maximum absolute atomic E-state index is 6.03. The number of aromatic amines is 1. The van der Waals surface area contributed by atoms with E-state index in [1.165, 1.54) is 0 Å². The van der Waals surface area contributed by atoms with Gasteiger partial charge in [0.05, 0.1) is 22.9 Å². The number of fused-ring (bicyclic) bond motifs is 1. The van der Waals surface area contributed by atoms with Crippen molar-refractivity contribution in [1.82, 2.24) is 45.1 Å². The van der Waals surface area contributed by atoms with Gasteiger partial charge in [0.2, 0.25) is 11.8 Å². The Morgan fingerprint density at radius 1 is 1.06 bits per heavy atom. The molecule has 1 fully saturated rings. The lowest BCUT2D eigenvalue weighted by Gasteiger charge is -2.24. The van der Waals surface area contributed by atoms with Crippen LogP contribution in [-0.2, 0) is 4.74 Å². The molecule has 0 aliphatic carbocycles. The number of pyridine rings is 1. The predicted octanol–water partition coefficient (Wildman–Crippen LogP) is 3.51. The number of aromatic nitrogens is 9. The van der Waals surface area contributed by atoms with E-state index in [4.69, 9.17) is 9.72 Å². The van der Waals surface area contributed by atoms with Crippen LogP contribution in [0.15, 0.2) is 55.4 Å². The fourth-order valence-corrected chi connectivity index (χ4v) is 4.04. The highest BCUT2D eigenvalue weighted by atomic mass is 16.5. The van der Waals surface area contributed by atoms with Gasteiger partial charge in [0.15, 0.2) is 0 Å². The number of nitrogens with zero attached hydrogens (tertiary/aromatic N) is 8.